The minimum atomic E-state index is -4.75. The highest BCUT2D eigenvalue weighted by Gasteiger charge is 2.40. The van der Waals surface area contributed by atoms with Gasteiger partial charge in [-0.2, -0.15) is 13.2 Å². The number of nitrogens with one attached hydrogen (secondary N) is 1. The van der Waals surface area contributed by atoms with Crippen molar-refractivity contribution in [2.45, 2.75) is 44.8 Å². The molecule has 1 amide bonds. The molecule has 5 heteroatoms. The zero-order valence-electron chi connectivity index (χ0n) is 8.03. The summed E-state index contributed by atoms with van der Waals surface area (Å²) in [5.74, 6) is -1.29. The van der Waals surface area contributed by atoms with Crippen LogP contribution in [0.5, 0.6) is 0 Å². The molecular formula is C9H14F3NO. The van der Waals surface area contributed by atoms with Crippen molar-refractivity contribution in [2.75, 3.05) is 0 Å². The molecule has 0 bridgehead atoms. The van der Waals surface area contributed by atoms with E-state index in [1.54, 1.807) is 6.92 Å². The third-order valence-corrected chi connectivity index (χ3v) is 2.40. The maximum atomic E-state index is 11.9. The lowest BCUT2D eigenvalue weighted by Crippen LogP contribution is -2.43. The maximum Gasteiger partial charge on any atom is 0.471 e. The molecule has 1 atom stereocenters. The van der Waals surface area contributed by atoms with Crippen LogP contribution in [0.1, 0.15) is 32.6 Å². The van der Waals surface area contributed by atoms with Crippen LogP contribution in [0.4, 0.5) is 13.2 Å². The Morgan fingerprint density at radius 1 is 1.50 bits per heavy atom. The fraction of sp³-hybridized carbons (Fsp3) is 0.889. The number of rotatable bonds is 4. The zero-order valence-corrected chi connectivity index (χ0v) is 8.03. The van der Waals surface area contributed by atoms with E-state index in [1.807, 2.05) is 5.32 Å². The van der Waals surface area contributed by atoms with Crippen molar-refractivity contribution in [3.8, 4) is 0 Å². The summed E-state index contributed by atoms with van der Waals surface area (Å²) in [4.78, 5) is 10.6. The summed E-state index contributed by atoms with van der Waals surface area (Å²) >= 11 is 0. The number of hydrogen-bond donors (Lipinski definition) is 1. The Bertz CT molecular complexity index is 211. The largest absolute Gasteiger partial charge is 0.471 e. The van der Waals surface area contributed by atoms with E-state index >= 15 is 0 Å². The standard InChI is InChI=1S/C9H14F3NO/c1-2-7(5-6-3-4-6)13-8(14)9(10,11)12/h6-7H,2-5H2,1H3,(H,13,14). The van der Waals surface area contributed by atoms with Crippen molar-refractivity contribution in [1.29, 1.82) is 0 Å². The van der Waals surface area contributed by atoms with Gasteiger partial charge in [-0.15, -0.1) is 0 Å². The molecule has 14 heavy (non-hydrogen) atoms. The van der Waals surface area contributed by atoms with Crippen LogP contribution in [-0.4, -0.2) is 18.1 Å². The number of carbonyl (C=O) groups excluding carboxylic acids is 1. The fourth-order valence-electron chi connectivity index (χ4n) is 1.35. The Labute approximate surface area is 80.9 Å². The van der Waals surface area contributed by atoms with Crippen LogP contribution in [0.15, 0.2) is 0 Å². The Hall–Kier alpha value is -0.740. The Morgan fingerprint density at radius 3 is 2.43 bits per heavy atom. The summed E-state index contributed by atoms with van der Waals surface area (Å²) in [6.45, 7) is 1.78. The lowest BCUT2D eigenvalue weighted by molar-refractivity contribution is -0.174. The van der Waals surface area contributed by atoms with E-state index in [0.29, 0.717) is 18.8 Å². The summed E-state index contributed by atoms with van der Waals surface area (Å²) in [5, 5.41) is 2.01. The van der Waals surface area contributed by atoms with Crippen molar-refractivity contribution in [3.63, 3.8) is 0 Å². The summed E-state index contributed by atoms with van der Waals surface area (Å²) in [6, 6.07) is -0.323. The molecule has 1 unspecified atom stereocenters. The fourth-order valence-corrected chi connectivity index (χ4v) is 1.35. The van der Waals surface area contributed by atoms with E-state index in [9.17, 15) is 18.0 Å². The third-order valence-electron chi connectivity index (χ3n) is 2.40. The topological polar surface area (TPSA) is 29.1 Å². The zero-order chi connectivity index (χ0) is 10.8. The maximum absolute atomic E-state index is 11.9. The molecule has 0 saturated heterocycles. The van der Waals surface area contributed by atoms with Gasteiger partial charge in [-0.05, 0) is 18.8 Å². The second kappa shape index (κ2) is 4.19. The van der Waals surface area contributed by atoms with Gasteiger partial charge in [-0.25, -0.2) is 0 Å². The molecule has 0 heterocycles. The quantitative estimate of drug-likeness (QED) is 0.755. The van der Waals surface area contributed by atoms with Gasteiger partial charge in [0.25, 0.3) is 0 Å². The van der Waals surface area contributed by atoms with Gasteiger partial charge in [0.1, 0.15) is 0 Å². The molecular weight excluding hydrogens is 195 g/mol. The van der Waals surface area contributed by atoms with Crippen LogP contribution >= 0.6 is 0 Å². The molecule has 0 aromatic rings. The van der Waals surface area contributed by atoms with Crippen LogP contribution in [0.2, 0.25) is 0 Å². The molecule has 0 aromatic carbocycles. The lowest BCUT2D eigenvalue weighted by Gasteiger charge is -2.17. The van der Waals surface area contributed by atoms with Crippen molar-refractivity contribution in [1.82, 2.24) is 5.32 Å². The molecule has 1 fully saturated rings. The highest BCUT2D eigenvalue weighted by molar-refractivity contribution is 5.81. The van der Waals surface area contributed by atoms with E-state index in [-0.39, 0.29) is 6.04 Å². The number of carbonyl (C=O) groups is 1. The molecule has 0 spiro atoms. The van der Waals surface area contributed by atoms with Crippen molar-refractivity contribution >= 4 is 5.91 Å². The first-order valence-corrected chi connectivity index (χ1v) is 4.81. The highest BCUT2D eigenvalue weighted by Crippen LogP contribution is 2.34. The van der Waals surface area contributed by atoms with Crippen molar-refractivity contribution in [3.05, 3.63) is 0 Å². The lowest BCUT2D eigenvalue weighted by atomic mass is 10.1. The summed E-state index contributed by atoms with van der Waals surface area (Å²) in [6.07, 6.45) is -1.36. The number of alkyl halides is 3. The second-order valence-corrected chi connectivity index (χ2v) is 3.76. The first kappa shape index (κ1) is 11.3. The van der Waals surface area contributed by atoms with Gasteiger partial charge < -0.3 is 5.32 Å². The smallest absolute Gasteiger partial charge is 0.346 e. The third kappa shape index (κ3) is 3.55. The van der Waals surface area contributed by atoms with Crippen LogP contribution in [-0.2, 0) is 4.79 Å². The SMILES string of the molecule is CCC(CC1CC1)NC(=O)C(F)(F)F. The summed E-state index contributed by atoms with van der Waals surface area (Å²) in [7, 11) is 0. The Kier molecular flexibility index (Phi) is 3.39. The molecule has 1 aliphatic carbocycles. The Morgan fingerprint density at radius 2 is 2.07 bits per heavy atom. The molecule has 1 saturated carbocycles. The first-order valence-electron chi connectivity index (χ1n) is 4.81. The Balaban J connectivity index is 2.34. The summed E-state index contributed by atoms with van der Waals surface area (Å²) < 4.78 is 35.7. The average Bonchev–Trinajstić information content (AvgIpc) is 2.85. The van der Waals surface area contributed by atoms with Gasteiger partial charge in [0.05, 0.1) is 0 Å². The van der Waals surface area contributed by atoms with Crippen LogP contribution in [0.25, 0.3) is 0 Å². The molecule has 1 aliphatic rings. The van der Waals surface area contributed by atoms with E-state index < -0.39 is 12.1 Å². The monoisotopic (exact) mass is 209 g/mol. The van der Waals surface area contributed by atoms with Crippen molar-refractivity contribution in [2.24, 2.45) is 5.92 Å². The highest BCUT2D eigenvalue weighted by atomic mass is 19.4. The minimum Gasteiger partial charge on any atom is -0.346 e. The number of amides is 1. The van der Waals surface area contributed by atoms with Crippen LogP contribution < -0.4 is 5.32 Å². The van der Waals surface area contributed by atoms with Gasteiger partial charge >= 0.3 is 12.1 Å². The van der Waals surface area contributed by atoms with Gasteiger partial charge in [-0.1, -0.05) is 19.8 Å². The molecule has 0 aromatic heterocycles. The minimum absolute atomic E-state index is 0.323. The number of hydrogen-bond acceptors (Lipinski definition) is 1. The van der Waals surface area contributed by atoms with Gasteiger partial charge in [-0.3, -0.25) is 4.79 Å². The normalized spacial score (nSPS) is 19.1. The van der Waals surface area contributed by atoms with E-state index in [2.05, 4.69) is 0 Å². The van der Waals surface area contributed by atoms with E-state index in [1.165, 1.54) is 0 Å². The first-order chi connectivity index (χ1) is 6.43. The molecule has 1 rings (SSSR count). The predicted molar refractivity (Wildman–Crippen MR) is 45.6 cm³/mol. The van der Waals surface area contributed by atoms with Crippen LogP contribution in [0, 0.1) is 5.92 Å². The van der Waals surface area contributed by atoms with Gasteiger partial charge in [0.2, 0.25) is 0 Å². The molecule has 0 radical (unpaired) electrons. The average molecular weight is 209 g/mol. The molecule has 82 valence electrons. The van der Waals surface area contributed by atoms with Crippen molar-refractivity contribution < 1.29 is 18.0 Å². The number of halogens is 3. The molecule has 1 N–H and O–H groups in total. The molecule has 2 nitrogen and oxygen atoms in total. The van der Waals surface area contributed by atoms with Gasteiger partial charge in [0, 0.05) is 6.04 Å². The predicted octanol–water partition coefficient (Wildman–Crippen LogP) is 2.24. The van der Waals surface area contributed by atoms with Crippen LogP contribution in [0.3, 0.4) is 0 Å². The molecule has 0 aliphatic heterocycles. The second-order valence-electron chi connectivity index (χ2n) is 3.76. The summed E-state index contributed by atoms with van der Waals surface area (Å²) in [5.41, 5.74) is 0. The van der Waals surface area contributed by atoms with E-state index in [4.69, 9.17) is 0 Å². The van der Waals surface area contributed by atoms with E-state index in [0.717, 1.165) is 12.8 Å². The van der Waals surface area contributed by atoms with Gasteiger partial charge in [0.15, 0.2) is 0 Å².